The molecule has 88 valence electrons. The molecule has 2 rings (SSSR count). The van der Waals surface area contributed by atoms with E-state index in [4.69, 9.17) is 9.47 Å². The van der Waals surface area contributed by atoms with Gasteiger partial charge in [0.1, 0.15) is 5.82 Å². The molecule has 1 N–H and O–H groups in total. The third kappa shape index (κ3) is 1.68. The van der Waals surface area contributed by atoms with Gasteiger partial charge in [0.15, 0.2) is 11.5 Å². The number of hydrogen-bond donors (Lipinski definition) is 1. The second-order valence-electron chi connectivity index (χ2n) is 3.81. The minimum atomic E-state index is -1.10. The molecular formula is C11H12BrFO3. The van der Waals surface area contributed by atoms with Crippen molar-refractivity contribution in [3.63, 3.8) is 0 Å². The number of benzene rings is 1. The van der Waals surface area contributed by atoms with E-state index in [2.05, 4.69) is 15.9 Å². The third-order valence-corrected chi connectivity index (χ3v) is 3.33. The van der Waals surface area contributed by atoms with Gasteiger partial charge in [-0.2, -0.15) is 0 Å². The topological polar surface area (TPSA) is 38.7 Å². The van der Waals surface area contributed by atoms with Gasteiger partial charge in [0, 0.05) is 6.07 Å². The predicted molar refractivity (Wildman–Crippen MR) is 60.3 cm³/mol. The van der Waals surface area contributed by atoms with E-state index in [1.54, 1.807) is 0 Å². The Bertz CT molecular complexity index is 430. The molecule has 0 amide bonds. The van der Waals surface area contributed by atoms with Crippen molar-refractivity contribution in [1.29, 1.82) is 0 Å². The highest BCUT2D eigenvalue weighted by Gasteiger charge is 2.47. The molecule has 0 bridgehead atoms. The van der Waals surface area contributed by atoms with E-state index >= 15 is 0 Å². The summed E-state index contributed by atoms with van der Waals surface area (Å²) >= 11 is 3.10. The Balaban J connectivity index is 2.67. The highest BCUT2D eigenvalue weighted by Crippen LogP contribution is 2.53. The van der Waals surface area contributed by atoms with Crippen molar-refractivity contribution in [1.82, 2.24) is 0 Å². The van der Waals surface area contributed by atoms with Gasteiger partial charge >= 0.3 is 0 Å². The van der Waals surface area contributed by atoms with E-state index in [1.165, 1.54) is 20.3 Å². The zero-order valence-electron chi connectivity index (χ0n) is 9.01. The molecule has 1 aliphatic rings. The minimum absolute atomic E-state index is 0.182. The van der Waals surface area contributed by atoms with Gasteiger partial charge in [-0.3, -0.25) is 0 Å². The molecule has 16 heavy (non-hydrogen) atoms. The van der Waals surface area contributed by atoms with Gasteiger partial charge in [-0.15, -0.1) is 0 Å². The van der Waals surface area contributed by atoms with Gasteiger partial charge in [-0.1, -0.05) is 0 Å². The van der Waals surface area contributed by atoms with Crippen molar-refractivity contribution in [2.45, 2.75) is 18.4 Å². The highest BCUT2D eigenvalue weighted by molar-refractivity contribution is 9.10. The molecule has 1 fully saturated rings. The Morgan fingerprint density at radius 1 is 1.38 bits per heavy atom. The molecule has 0 aromatic heterocycles. The van der Waals surface area contributed by atoms with Crippen LogP contribution < -0.4 is 9.47 Å². The number of rotatable bonds is 3. The number of aliphatic hydroxyl groups is 1. The monoisotopic (exact) mass is 290 g/mol. The summed E-state index contributed by atoms with van der Waals surface area (Å²) in [6, 6.07) is 1.49. The molecular weight excluding hydrogens is 279 g/mol. The first-order chi connectivity index (χ1) is 7.53. The fraction of sp³-hybridized carbons (Fsp3) is 0.455. The van der Waals surface area contributed by atoms with Crippen molar-refractivity contribution >= 4 is 15.9 Å². The van der Waals surface area contributed by atoms with E-state index in [1.807, 2.05) is 0 Å². The number of ether oxygens (including phenoxy) is 2. The summed E-state index contributed by atoms with van der Waals surface area (Å²) in [6.45, 7) is 0. The molecule has 0 atom stereocenters. The van der Waals surface area contributed by atoms with Crippen LogP contribution in [0.1, 0.15) is 18.4 Å². The third-order valence-electron chi connectivity index (χ3n) is 2.75. The zero-order valence-corrected chi connectivity index (χ0v) is 10.6. The zero-order chi connectivity index (χ0) is 11.9. The van der Waals surface area contributed by atoms with Crippen molar-refractivity contribution in [3.8, 4) is 11.5 Å². The maximum absolute atomic E-state index is 14.0. The first-order valence-electron chi connectivity index (χ1n) is 4.86. The summed E-state index contributed by atoms with van der Waals surface area (Å²) in [5, 5.41) is 10.0. The maximum atomic E-state index is 14.0. The largest absolute Gasteiger partial charge is 0.493 e. The fourth-order valence-corrected chi connectivity index (χ4v) is 2.13. The Labute approximate surface area is 101 Å². The van der Waals surface area contributed by atoms with Crippen LogP contribution in [0.5, 0.6) is 11.5 Å². The molecule has 5 heteroatoms. The van der Waals surface area contributed by atoms with Crippen molar-refractivity contribution in [2.75, 3.05) is 14.2 Å². The Hall–Kier alpha value is -0.810. The van der Waals surface area contributed by atoms with Crippen molar-refractivity contribution in [2.24, 2.45) is 0 Å². The van der Waals surface area contributed by atoms with E-state index in [-0.39, 0.29) is 15.8 Å². The average Bonchev–Trinajstić information content (AvgIpc) is 3.00. The SMILES string of the molecule is COc1cc(Br)c(F)c(C2(O)CC2)c1OC. The normalized spacial score (nSPS) is 17.1. The lowest BCUT2D eigenvalue weighted by Gasteiger charge is -2.18. The molecule has 0 heterocycles. The van der Waals surface area contributed by atoms with Gasteiger partial charge in [-0.05, 0) is 28.8 Å². The minimum Gasteiger partial charge on any atom is -0.493 e. The molecule has 1 aromatic carbocycles. The molecule has 1 saturated carbocycles. The van der Waals surface area contributed by atoms with Crippen LogP contribution in [0, 0.1) is 5.82 Å². The van der Waals surface area contributed by atoms with Crippen LogP contribution in [0.2, 0.25) is 0 Å². The van der Waals surface area contributed by atoms with E-state index < -0.39 is 11.4 Å². The molecule has 3 nitrogen and oxygen atoms in total. The Kier molecular flexibility index (Phi) is 2.84. The van der Waals surface area contributed by atoms with Gasteiger partial charge in [0.25, 0.3) is 0 Å². The quantitative estimate of drug-likeness (QED) is 0.930. The summed E-state index contributed by atoms with van der Waals surface area (Å²) in [7, 11) is 2.91. The van der Waals surface area contributed by atoms with Crippen LogP contribution in [0.25, 0.3) is 0 Å². The van der Waals surface area contributed by atoms with Crippen LogP contribution in [0.15, 0.2) is 10.5 Å². The summed E-state index contributed by atoms with van der Waals surface area (Å²) in [4.78, 5) is 0. The van der Waals surface area contributed by atoms with Crippen molar-refractivity contribution < 1.29 is 19.0 Å². The lowest BCUT2D eigenvalue weighted by atomic mass is 10.0. The Morgan fingerprint density at radius 3 is 2.44 bits per heavy atom. The number of methoxy groups -OCH3 is 2. The maximum Gasteiger partial charge on any atom is 0.169 e. The molecule has 0 spiro atoms. The molecule has 0 radical (unpaired) electrons. The van der Waals surface area contributed by atoms with Crippen LogP contribution in [-0.4, -0.2) is 19.3 Å². The first kappa shape index (κ1) is 11.7. The molecule has 0 aliphatic heterocycles. The number of hydrogen-bond acceptors (Lipinski definition) is 3. The molecule has 1 aliphatic carbocycles. The second kappa shape index (κ2) is 3.89. The fourth-order valence-electron chi connectivity index (χ4n) is 1.72. The second-order valence-corrected chi connectivity index (χ2v) is 4.67. The summed E-state index contributed by atoms with van der Waals surface area (Å²) in [6.07, 6.45) is 1.08. The van der Waals surface area contributed by atoms with Crippen LogP contribution in [0.4, 0.5) is 4.39 Å². The highest BCUT2D eigenvalue weighted by atomic mass is 79.9. The average molecular weight is 291 g/mol. The van der Waals surface area contributed by atoms with Crippen LogP contribution in [-0.2, 0) is 5.60 Å². The molecule has 0 unspecified atom stereocenters. The van der Waals surface area contributed by atoms with Crippen LogP contribution in [0.3, 0.4) is 0 Å². The molecule has 1 aromatic rings. The number of halogens is 2. The van der Waals surface area contributed by atoms with Gasteiger partial charge in [-0.25, -0.2) is 4.39 Å². The summed E-state index contributed by atoms with van der Waals surface area (Å²) in [5.41, 5.74) is -0.923. The summed E-state index contributed by atoms with van der Waals surface area (Å²) in [5.74, 6) is 0.187. The lowest BCUT2D eigenvalue weighted by Crippen LogP contribution is -2.11. The first-order valence-corrected chi connectivity index (χ1v) is 5.65. The van der Waals surface area contributed by atoms with Gasteiger partial charge in [0.2, 0.25) is 0 Å². The van der Waals surface area contributed by atoms with Crippen molar-refractivity contribution in [3.05, 3.63) is 21.9 Å². The lowest BCUT2D eigenvalue weighted by molar-refractivity contribution is 0.141. The Morgan fingerprint density at radius 2 is 2.00 bits per heavy atom. The van der Waals surface area contributed by atoms with E-state index in [9.17, 15) is 9.50 Å². The van der Waals surface area contributed by atoms with E-state index in [0.29, 0.717) is 18.6 Å². The van der Waals surface area contributed by atoms with Gasteiger partial charge in [0.05, 0.1) is 29.9 Å². The molecule has 0 saturated heterocycles. The predicted octanol–water partition coefficient (Wildman–Crippen LogP) is 2.59. The van der Waals surface area contributed by atoms with E-state index in [0.717, 1.165) is 0 Å². The standard InChI is InChI=1S/C11H12BrFO3/c1-15-7-5-6(12)9(13)8(10(7)16-2)11(14)3-4-11/h5,14H,3-4H2,1-2H3. The van der Waals surface area contributed by atoms with Crippen LogP contribution >= 0.6 is 15.9 Å². The van der Waals surface area contributed by atoms with Gasteiger partial charge < -0.3 is 14.6 Å². The smallest absolute Gasteiger partial charge is 0.169 e. The summed E-state index contributed by atoms with van der Waals surface area (Å²) < 4.78 is 24.5.